The fourth-order valence-electron chi connectivity index (χ4n) is 2.07. The first-order valence-corrected chi connectivity index (χ1v) is 7.56. The zero-order valence-electron chi connectivity index (χ0n) is 13.9. The Morgan fingerprint density at radius 2 is 1.96 bits per heavy atom. The van der Waals surface area contributed by atoms with Crippen LogP contribution in [-0.4, -0.2) is 38.8 Å². The summed E-state index contributed by atoms with van der Waals surface area (Å²) in [6.45, 7) is 5.13. The molecule has 1 atom stereocenters. The van der Waals surface area contributed by atoms with Crippen LogP contribution < -0.4 is 5.32 Å². The topological polar surface area (TPSA) is 104 Å². The van der Waals surface area contributed by atoms with E-state index in [-0.39, 0.29) is 6.42 Å². The molecule has 0 unspecified atom stereocenters. The van der Waals surface area contributed by atoms with Gasteiger partial charge in [0.05, 0.1) is 5.69 Å². The zero-order valence-corrected chi connectivity index (χ0v) is 13.9. The normalized spacial score (nSPS) is 12.5. The van der Waals surface area contributed by atoms with Crippen LogP contribution in [0.25, 0.3) is 11.4 Å². The summed E-state index contributed by atoms with van der Waals surface area (Å²) in [6.07, 6.45) is 0.918. The van der Waals surface area contributed by atoms with Gasteiger partial charge in [-0.1, -0.05) is 30.3 Å². The molecule has 1 aromatic heterocycles. The maximum absolute atomic E-state index is 11.8. The van der Waals surface area contributed by atoms with Crippen LogP contribution in [0.4, 0.5) is 4.79 Å². The predicted octanol–water partition coefficient (Wildman–Crippen LogP) is 2.60. The second kappa shape index (κ2) is 7.16. The molecule has 2 rings (SSSR count). The molecule has 0 radical (unpaired) electrons. The molecule has 0 fully saturated rings. The number of hydrogen-bond donors (Lipinski definition) is 3. The number of H-pyrrole nitrogens is 1. The van der Waals surface area contributed by atoms with E-state index >= 15 is 0 Å². The van der Waals surface area contributed by atoms with Crippen molar-refractivity contribution in [3.63, 3.8) is 0 Å². The number of imidazole rings is 1. The standard InChI is InChI=1S/C17H21N3O4/c1-17(2,3)24-16(23)20-13(15(21)22)9-12-10-18-14(19-12)11-7-5-4-6-8-11/h4-8,10,13H,9H2,1-3H3,(H,18,19)(H,20,23)(H,21,22)/t13-/m0/s1. The Hall–Kier alpha value is -2.83. The molecule has 0 aliphatic carbocycles. The number of hydrogen-bond acceptors (Lipinski definition) is 4. The van der Waals surface area contributed by atoms with E-state index in [0.29, 0.717) is 11.5 Å². The van der Waals surface area contributed by atoms with Gasteiger partial charge in [-0.05, 0) is 20.8 Å². The van der Waals surface area contributed by atoms with Crippen LogP contribution in [0, 0.1) is 0 Å². The highest BCUT2D eigenvalue weighted by Crippen LogP contribution is 2.15. The van der Waals surface area contributed by atoms with Crippen LogP contribution in [0.3, 0.4) is 0 Å². The van der Waals surface area contributed by atoms with Crippen molar-refractivity contribution in [1.82, 2.24) is 15.3 Å². The Labute approximate surface area is 140 Å². The zero-order chi connectivity index (χ0) is 17.7. The highest BCUT2D eigenvalue weighted by molar-refractivity contribution is 5.80. The smallest absolute Gasteiger partial charge is 0.408 e. The number of carbonyl (C=O) groups is 2. The third-order valence-electron chi connectivity index (χ3n) is 3.08. The molecular weight excluding hydrogens is 310 g/mol. The first kappa shape index (κ1) is 17.5. The molecule has 0 aliphatic rings. The summed E-state index contributed by atoms with van der Waals surface area (Å²) in [5.74, 6) is -0.503. The molecule has 7 heteroatoms. The molecule has 0 saturated carbocycles. The highest BCUT2D eigenvalue weighted by Gasteiger charge is 2.25. The number of carboxylic acids is 1. The van der Waals surface area contributed by atoms with E-state index in [0.717, 1.165) is 5.56 Å². The van der Waals surface area contributed by atoms with Crippen LogP contribution in [0.15, 0.2) is 36.5 Å². The van der Waals surface area contributed by atoms with Crippen LogP contribution in [-0.2, 0) is 16.0 Å². The van der Waals surface area contributed by atoms with Crippen LogP contribution in [0.1, 0.15) is 26.5 Å². The van der Waals surface area contributed by atoms with Crippen molar-refractivity contribution in [1.29, 1.82) is 0 Å². The number of aliphatic carboxylic acids is 1. The van der Waals surface area contributed by atoms with Gasteiger partial charge in [0, 0.05) is 18.2 Å². The monoisotopic (exact) mass is 331 g/mol. The lowest BCUT2D eigenvalue weighted by Gasteiger charge is -2.21. The van der Waals surface area contributed by atoms with Crippen molar-refractivity contribution in [3.05, 3.63) is 42.2 Å². The number of alkyl carbamates (subject to hydrolysis) is 1. The third kappa shape index (κ3) is 5.12. The number of amides is 1. The molecule has 3 N–H and O–H groups in total. The molecular formula is C17H21N3O4. The molecule has 2 aromatic rings. The van der Waals surface area contributed by atoms with Gasteiger partial charge < -0.3 is 20.1 Å². The van der Waals surface area contributed by atoms with Gasteiger partial charge in [0.15, 0.2) is 0 Å². The second-order valence-corrected chi connectivity index (χ2v) is 6.35. The summed E-state index contributed by atoms with van der Waals surface area (Å²) in [5.41, 5.74) is 0.744. The number of carbonyl (C=O) groups excluding carboxylic acids is 1. The van der Waals surface area contributed by atoms with Crippen molar-refractivity contribution in [2.75, 3.05) is 0 Å². The molecule has 1 aromatic carbocycles. The average molecular weight is 331 g/mol. The first-order chi connectivity index (χ1) is 11.2. The summed E-state index contributed by atoms with van der Waals surface area (Å²) in [5, 5.41) is 11.7. The van der Waals surface area contributed by atoms with Crippen molar-refractivity contribution in [2.24, 2.45) is 0 Å². The maximum Gasteiger partial charge on any atom is 0.408 e. The van der Waals surface area contributed by atoms with Crippen molar-refractivity contribution >= 4 is 12.1 Å². The second-order valence-electron chi connectivity index (χ2n) is 6.35. The van der Waals surface area contributed by atoms with E-state index < -0.39 is 23.7 Å². The summed E-state index contributed by atoms with van der Waals surface area (Å²) in [6, 6.07) is 8.36. The number of benzene rings is 1. The Kier molecular flexibility index (Phi) is 5.23. The van der Waals surface area contributed by atoms with Gasteiger partial charge in [0.1, 0.15) is 17.5 Å². The summed E-state index contributed by atoms with van der Waals surface area (Å²) >= 11 is 0. The van der Waals surface area contributed by atoms with E-state index in [1.54, 1.807) is 27.0 Å². The fourth-order valence-corrected chi connectivity index (χ4v) is 2.07. The van der Waals surface area contributed by atoms with E-state index in [2.05, 4.69) is 15.3 Å². The van der Waals surface area contributed by atoms with Crippen LogP contribution >= 0.6 is 0 Å². The Bertz CT molecular complexity index is 704. The van der Waals surface area contributed by atoms with Crippen LogP contribution in [0.5, 0.6) is 0 Å². The first-order valence-electron chi connectivity index (χ1n) is 7.56. The van der Waals surface area contributed by atoms with Gasteiger partial charge in [-0.3, -0.25) is 0 Å². The van der Waals surface area contributed by atoms with Gasteiger partial charge in [-0.25, -0.2) is 14.6 Å². The Morgan fingerprint density at radius 3 is 2.54 bits per heavy atom. The Morgan fingerprint density at radius 1 is 1.29 bits per heavy atom. The van der Waals surface area contributed by atoms with Gasteiger partial charge >= 0.3 is 12.1 Å². The molecule has 7 nitrogen and oxygen atoms in total. The number of nitrogens with one attached hydrogen (secondary N) is 2. The highest BCUT2D eigenvalue weighted by atomic mass is 16.6. The van der Waals surface area contributed by atoms with Crippen molar-refractivity contribution in [2.45, 2.75) is 38.8 Å². The summed E-state index contributed by atoms with van der Waals surface area (Å²) in [7, 11) is 0. The number of ether oxygens (including phenoxy) is 1. The largest absolute Gasteiger partial charge is 0.480 e. The van der Waals surface area contributed by atoms with E-state index in [9.17, 15) is 14.7 Å². The number of rotatable bonds is 5. The average Bonchev–Trinajstić information content (AvgIpc) is 2.94. The predicted molar refractivity (Wildman–Crippen MR) is 88.5 cm³/mol. The summed E-state index contributed by atoms with van der Waals surface area (Å²) in [4.78, 5) is 30.5. The SMILES string of the molecule is CC(C)(C)OC(=O)N[C@@H](Cc1c[nH]c(-c2ccccc2)n1)C(=O)O. The lowest BCUT2D eigenvalue weighted by molar-refractivity contribution is -0.139. The minimum absolute atomic E-state index is 0.0535. The molecule has 1 amide bonds. The quantitative estimate of drug-likeness (QED) is 0.781. The van der Waals surface area contributed by atoms with Crippen molar-refractivity contribution in [3.8, 4) is 11.4 Å². The van der Waals surface area contributed by atoms with E-state index in [4.69, 9.17) is 4.74 Å². The molecule has 0 spiro atoms. The molecule has 1 heterocycles. The van der Waals surface area contributed by atoms with E-state index in [1.165, 1.54) is 0 Å². The fraction of sp³-hybridized carbons (Fsp3) is 0.353. The van der Waals surface area contributed by atoms with E-state index in [1.807, 2.05) is 30.3 Å². The maximum atomic E-state index is 11.8. The van der Waals surface area contributed by atoms with Gasteiger partial charge in [0.2, 0.25) is 0 Å². The van der Waals surface area contributed by atoms with Crippen molar-refractivity contribution < 1.29 is 19.4 Å². The minimum Gasteiger partial charge on any atom is -0.480 e. The number of carboxylic acid groups (broad SMARTS) is 1. The molecule has 0 aliphatic heterocycles. The molecule has 24 heavy (non-hydrogen) atoms. The minimum atomic E-state index is -1.15. The molecule has 0 bridgehead atoms. The van der Waals surface area contributed by atoms with Gasteiger partial charge in [-0.15, -0.1) is 0 Å². The summed E-state index contributed by atoms with van der Waals surface area (Å²) < 4.78 is 5.09. The van der Waals surface area contributed by atoms with Crippen LogP contribution in [0.2, 0.25) is 0 Å². The Balaban J connectivity index is 2.05. The molecule has 0 saturated heterocycles. The number of aromatic nitrogens is 2. The van der Waals surface area contributed by atoms with Gasteiger partial charge in [-0.2, -0.15) is 0 Å². The lowest BCUT2D eigenvalue weighted by atomic mass is 10.1. The lowest BCUT2D eigenvalue weighted by Crippen LogP contribution is -2.44. The number of aromatic amines is 1. The van der Waals surface area contributed by atoms with Gasteiger partial charge in [0.25, 0.3) is 0 Å². The number of nitrogens with zero attached hydrogens (tertiary/aromatic N) is 1. The molecule has 128 valence electrons. The third-order valence-corrected chi connectivity index (χ3v) is 3.08.